The van der Waals surface area contributed by atoms with Crippen LogP contribution in [0.25, 0.3) is 0 Å². The Hall–Kier alpha value is -2.15. The first-order valence-electron chi connectivity index (χ1n) is 9.74. The Morgan fingerprint density at radius 3 is 2.73 bits per heavy atom. The molecule has 2 aromatic heterocycles. The van der Waals surface area contributed by atoms with Gasteiger partial charge in [0.15, 0.2) is 10.1 Å². The van der Waals surface area contributed by atoms with Crippen molar-refractivity contribution in [3.63, 3.8) is 0 Å². The van der Waals surface area contributed by atoms with Crippen LogP contribution in [0.1, 0.15) is 49.3 Å². The highest BCUT2D eigenvalue weighted by Crippen LogP contribution is 2.51. The number of rotatable bonds is 4. The van der Waals surface area contributed by atoms with Gasteiger partial charge < -0.3 is 5.73 Å². The van der Waals surface area contributed by atoms with Gasteiger partial charge in [0, 0.05) is 27.4 Å². The number of allylic oxidation sites excluding steroid dienone is 3. The molecule has 0 saturated heterocycles. The van der Waals surface area contributed by atoms with Crippen molar-refractivity contribution in [1.82, 2.24) is 10.2 Å². The fourth-order valence-electron chi connectivity index (χ4n) is 4.10. The van der Waals surface area contributed by atoms with Gasteiger partial charge in [0.25, 0.3) is 0 Å². The third-order valence-corrected chi connectivity index (χ3v) is 8.27. The Morgan fingerprint density at radius 2 is 2.10 bits per heavy atom. The summed E-state index contributed by atoms with van der Waals surface area (Å²) in [5.74, 6) is 0.904. The Balaban J connectivity index is 1.94. The first kappa shape index (κ1) is 21.1. The molecule has 1 atom stereocenters. The van der Waals surface area contributed by atoms with Crippen LogP contribution < -0.4 is 10.6 Å². The number of aryl methyl sites for hydroxylation is 1. The number of hydrogen-bond donors (Lipinski definition) is 1. The van der Waals surface area contributed by atoms with Crippen molar-refractivity contribution < 1.29 is 4.79 Å². The van der Waals surface area contributed by atoms with Gasteiger partial charge in [-0.15, -0.1) is 21.5 Å². The molecule has 3 heterocycles. The van der Waals surface area contributed by atoms with Crippen LogP contribution in [0.2, 0.25) is 0 Å². The number of hydrogen-bond acceptors (Lipinski definition) is 9. The maximum Gasteiger partial charge on any atom is 0.219 e. The first-order valence-corrected chi connectivity index (χ1v) is 12.4. The van der Waals surface area contributed by atoms with E-state index in [1.165, 1.54) is 11.3 Å². The lowest BCUT2D eigenvalue weighted by Crippen LogP contribution is -2.42. The summed E-state index contributed by atoms with van der Waals surface area (Å²) in [6.45, 7) is 8.27. The number of thiophene rings is 1. The van der Waals surface area contributed by atoms with E-state index in [9.17, 15) is 10.1 Å². The molecule has 2 aliphatic rings. The molecule has 0 aromatic carbocycles. The summed E-state index contributed by atoms with van der Waals surface area (Å²) in [5.41, 5.74) is 8.35. The number of ketones is 1. The Bertz CT molecular complexity index is 1120. The van der Waals surface area contributed by atoms with Crippen molar-refractivity contribution in [3.05, 3.63) is 44.6 Å². The van der Waals surface area contributed by atoms with E-state index in [4.69, 9.17) is 5.73 Å². The van der Waals surface area contributed by atoms with Crippen LogP contribution in [-0.4, -0.2) is 21.7 Å². The molecule has 0 saturated carbocycles. The molecule has 1 aliphatic heterocycles. The maximum atomic E-state index is 13.4. The number of nitrogens with zero attached hydrogens (tertiary/aromatic N) is 4. The molecule has 4 rings (SSSR count). The molecule has 156 valence electrons. The van der Waals surface area contributed by atoms with Crippen LogP contribution in [0.15, 0.2) is 39.1 Å². The van der Waals surface area contributed by atoms with Crippen molar-refractivity contribution in [2.24, 2.45) is 11.1 Å². The average molecular weight is 458 g/mol. The fraction of sp³-hybridized carbons (Fsp3) is 0.429. The molecule has 6 nitrogen and oxygen atoms in total. The van der Waals surface area contributed by atoms with Gasteiger partial charge in [0.1, 0.15) is 5.82 Å². The molecule has 0 spiro atoms. The number of carbonyl (C=O) groups is 1. The minimum atomic E-state index is -0.416. The highest BCUT2D eigenvalue weighted by molar-refractivity contribution is 8.01. The SMILES string of the molecule is CCSc1nnc(N2C(N)=C(C#N)C(c3ccc(C)s3)C3=C2CC(C)(C)CC3=O)s1. The van der Waals surface area contributed by atoms with Gasteiger partial charge >= 0.3 is 0 Å². The summed E-state index contributed by atoms with van der Waals surface area (Å²) in [7, 11) is 0. The van der Waals surface area contributed by atoms with E-state index in [0.29, 0.717) is 34.9 Å². The zero-order valence-corrected chi connectivity index (χ0v) is 19.8. The second kappa shape index (κ2) is 7.84. The van der Waals surface area contributed by atoms with Crippen LogP contribution in [0.3, 0.4) is 0 Å². The standard InChI is InChI=1S/C21H23N5OS3/c1-5-28-20-25-24-19(30-20)26-13-8-21(3,4)9-14(27)17(13)16(12(10-22)18(26)23)15-7-6-11(2)29-15/h6-7,16H,5,8-9,23H2,1-4H3. The third kappa shape index (κ3) is 3.57. The van der Waals surface area contributed by atoms with Crippen LogP contribution in [0.5, 0.6) is 0 Å². The molecule has 1 unspecified atom stereocenters. The summed E-state index contributed by atoms with van der Waals surface area (Å²) >= 11 is 4.66. The number of aromatic nitrogens is 2. The van der Waals surface area contributed by atoms with Crippen molar-refractivity contribution in [2.75, 3.05) is 10.7 Å². The van der Waals surface area contributed by atoms with E-state index in [-0.39, 0.29) is 11.2 Å². The highest BCUT2D eigenvalue weighted by atomic mass is 32.2. The largest absolute Gasteiger partial charge is 0.384 e. The molecule has 2 N–H and O–H groups in total. The number of thioether (sulfide) groups is 1. The topological polar surface area (TPSA) is 95.9 Å². The molecule has 0 radical (unpaired) electrons. The van der Waals surface area contributed by atoms with Crippen molar-refractivity contribution >= 4 is 45.4 Å². The van der Waals surface area contributed by atoms with E-state index in [1.54, 1.807) is 28.0 Å². The maximum absolute atomic E-state index is 13.4. The Morgan fingerprint density at radius 1 is 1.33 bits per heavy atom. The Kier molecular flexibility index (Phi) is 5.51. The van der Waals surface area contributed by atoms with E-state index in [0.717, 1.165) is 25.5 Å². The lowest BCUT2D eigenvalue weighted by atomic mass is 9.70. The fourth-order valence-corrected chi connectivity index (χ4v) is 6.87. The van der Waals surface area contributed by atoms with E-state index < -0.39 is 5.92 Å². The molecule has 2 aromatic rings. The molecule has 1 aliphatic carbocycles. The zero-order chi connectivity index (χ0) is 21.6. The number of carbonyl (C=O) groups excluding carboxylic acids is 1. The molecule has 0 bridgehead atoms. The van der Waals surface area contributed by atoms with E-state index in [1.807, 2.05) is 19.1 Å². The molecule has 0 fully saturated rings. The highest BCUT2D eigenvalue weighted by Gasteiger charge is 2.45. The minimum Gasteiger partial charge on any atom is -0.384 e. The average Bonchev–Trinajstić information content (AvgIpc) is 3.29. The number of Topliss-reactive ketones (excluding diaryl/α,β-unsaturated/α-hetero) is 1. The van der Waals surface area contributed by atoms with Gasteiger partial charge in [0.2, 0.25) is 5.13 Å². The molecular weight excluding hydrogens is 434 g/mol. The van der Waals surface area contributed by atoms with E-state index in [2.05, 4.69) is 37.0 Å². The minimum absolute atomic E-state index is 0.0789. The van der Waals surface area contributed by atoms with Gasteiger partial charge in [-0.3, -0.25) is 9.69 Å². The predicted molar refractivity (Wildman–Crippen MR) is 122 cm³/mol. The smallest absolute Gasteiger partial charge is 0.219 e. The first-order chi connectivity index (χ1) is 14.3. The predicted octanol–water partition coefficient (Wildman–Crippen LogP) is 4.96. The third-order valence-electron chi connectivity index (χ3n) is 5.28. The second-order valence-electron chi connectivity index (χ2n) is 8.21. The quantitative estimate of drug-likeness (QED) is 0.648. The molecule has 30 heavy (non-hydrogen) atoms. The van der Waals surface area contributed by atoms with Crippen molar-refractivity contribution in [2.45, 2.75) is 50.8 Å². The van der Waals surface area contributed by atoms with Crippen molar-refractivity contribution in [1.29, 1.82) is 5.26 Å². The van der Waals surface area contributed by atoms with Crippen molar-refractivity contribution in [3.8, 4) is 6.07 Å². The van der Waals surface area contributed by atoms with Crippen LogP contribution in [0.4, 0.5) is 5.13 Å². The molecule has 9 heteroatoms. The lowest BCUT2D eigenvalue weighted by Gasteiger charge is -2.42. The summed E-state index contributed by atoms with van der Waals surface area (Å²) < 4.78 is 0.846. The lowest BCUT2D eigenvalue weighted by molar-refractivity contribution is -0.118. The van der Waals surface area contributed by atoms with Gasteiger partial charge in [-0.2, -0.15) is 5.26 Å². The van der Waals surface area contributed by atoms with Gasteiger partial charge in [0.05, 0.1) is 17.6 Å². The second-order valence-corrected chi connectivity index (χ2v) is 12.0. The number of anilines is 1. The van der Waals surface area contributed by atoms with E-state index >= 15 is 0 Å². The Labute approximate surface area is 188 Å². The van der Waals surface area contributed by atoms with Crippen LogP contribution in [0, 0.1) is 23.7 Å². The number of nitriles is 1. The van der Waals surface area contributed by atoms with Crippen LogP contribution in [-0.2, 0) is 4.79 Å². The summed E-state index contributed by atoms with van der Waals surface area (Å²) in [6.07, 6.45) is 1.14. The summed E-state index contributed by atoms with van der Waals surface area (Å²) in [4.78, 5) is 17.3. The molecule has 0 amide bonds. The van der Waals surface area contributed by atoms with Gasteiger partial charge in [-0.1, -0.05) is 43.9 Å². The normalized spacial score (nSPS) is 21.1. The van der Waals surface area contributed by atoms with Crippen LogP contribution >= 0.6 is 34.4 Å². The summed E-state index contributed by atoms with van der Waals surface area (Å²) in [5, 5.41) is 19.3. The number of nitrogens with two attached hydrogens (primary N) is 1. The van der Waals surface area contributed by atoms with Gasteiger partial charge in [-0.05, 0) is 36.6 Å². The monoisotopic (exact) mass is 457 g/mol. The summed E-state index contributed by atoms with van der Waals surface area (Å²) in [6, 6.07) is 6.33. The zero-order valence-electron chi connectivity index (χ0n) is 17.4. The molecular formula is C21H23N5OS3. The van der Waals surface area contributed by atoms with Gasteiger partial charge in [-0.25, -0.2) is 0 Å².